The summed E-state index contributed by atoms with van der Waals surface area (Å²) in [7, 11) is 0. The molecule has 0 aromatic heterocycles. The van der Waals surface area contributed by atoms with Crippen LogP contribution in [0.25, 0.3) is 0 Å². The molecule has 6 heteroatoms. The Morgan fingerprint density at radius 1 is 1.08 bits per heavy atom. The van der Waals surface area contributed by atoms with E-state index in [-0.39, 0.29) is 18.3 Å². The second kappa shape index (κ2) is 7.24. The molecule has 1 amide bonds. The number of Topliss-reactive ketones (excluding diaryl/α,β-unsaturated/α-hetero) is 1. The van der Waals surface area contributed by atoms with Crippen LogP contribution in [0.5, 0.6) is 5.75 Å². The topological polar surface area (TPSA) is 46.6 Å². The maximum absolute atomic E-state index is 12.2. The van der Waals surface area contributed by atoms with Gasteiger partial charge in [-0.1, -0.05) is 23.2 Å². The number of benzene rings is 2. The van der Waals surface area contributed by atoms with E-state index in [2.05, 4.69) is 0 Å². The van der Waals surface area contributed by atoms with Crippen molar-refractivity contribution in [1.82, 2.24) is 0 Å². The summed E-state index contributed by atoms with van der Waals surface area (Å²) >= 11 is 11.7. The largest absolute Gasteiger partial charge is 0.485 e. The predicted molar refractivity (Wildman–Crippen MR) is 94.3 cm³/mol. The molecule has 24 heavy (non-hydrogen) atoms. The number of carbonyl (C=O) groups is 2. The van der Waals surface area contributed by atoms with Gasteiger partial charge in [-0.05, 0) is 42.8 Å². The van der Waals surface area contributed by atoms with E-state index in [1.165, 1.54) is 0 Å². The lowest BCUT2D eigenvalue weighted by Gasteiger charge is -2.15. The second-order valence-electron chi connectivity index (χ2n) is 5.48. The van der Waals surface area contributed by atoms with E-state index in [0.717, 1.165) is 18.7 Å². The first-order valence-electron chi connectivity index (χ1n) is 7.56. The molecular formula is C18H15Cl2NO3. The third-order valence-corrected chi connectivity index (χ3v) is 4.57. The van der Waals surface area contributed by atoms with Crippen molar-refractivity contribution in [3.63, 3.8) is 0 Å². The van der Waals surface area contributed by atoms with Gasteiger partial charge in [-0.15, -0.1) is 0 Å². The average molecular weight is 364 g/mol. The van der Waals surface area contributed by atoms with E-state index in [4.69, 9.17) is 27.9 Å². The molecule has 0 spiro atoms. The standard InChI is InChI=1S/C18H15Cl2NO3/c19-15-8-7-14(10-16(15)20)24-11-17(22)12-3-5-13(6-4-12)21-9-1-2-18(21)23/h3-8,10H,1-2,9,11H2. The molecule has 0 atom stereocenters. The van der Waals surface area contributed by atoms with Crippen molar-refractivity contribution in [2.75, 3.05) is 18.1 Å². The molecule has 0 aliphatic carbocycles. The first-order chi connectivity index (χ1) is 11.5. The zero-order valence-corrected chi connectivity index (χ0v) is 14.3. The number of halogens is 2. The van der Waals surface area contributed by atoms with Gasteiger partial charge < -0.3 is 9.64 Å². The van der Waals surface area contributed by atoms with Gasteiger partial charge in [0.2, 0.25) is 5.91 Å². The fourth-order valence-electron chi connectivity index (χ4n) is 2.55. The van der Waals surface area contributed by atoms with Crippen LogP contribution >= 0.6 is 23.2 Å². The number of ether oxygens (including phenoxy) is 1. The monoisotopic (exact) mass is 363 g/mol. The molecule has 0 unspecified atom stereocenters. The normalized spacial score (nSPS) is 14.1. The van der Waals surface area contributed by atoms with Crippen LogP contribution in [0.15, 0.2) is 42.5 Å². The van der Waals surface area contributed by atoms with Crippen LogP contribution in [0.4, 0.5) is 5.69 Å². The summed E-state index contributed by atoms with van der Waals surface area (Å²) in [6, 6.07) is 11.8. The van der Waals surface area contributed by atoms with E-state index >= 15 is 0 Å². The molecule has 1 aliphatic heterocycles. The van der Waals surface area contributed by atoms with Gasteiger partial charge in [0, 0.05) is 30.3 Å². The van der Waals surface area contributed by atoms with Gasteiger partial charge in [-0.3, -0.25) is 9.59 Å². The highest BCUT2D eigenvalue weighted by molar-refractivity contribution is 6.42. The summed E-state index contributed by atoms with van der Waals surface area (Å²) in [4.78, 5) is 25.7. The van der Waals surface area contributed by atoms with E-state index in [1.54, 1.807) is 47.4 Å². The number of ketones is 1. The van der Waals surface area contributed by atoms with Gasteiger partial charge in [0.25, 0.3) is 0 Å². The molecule has 2 aromatic carbocycles. The van der Waals surface area contributed by atoms with E-state index in [0.29, 0.717) is 27.8 Å². The van der Waals surface area contributed by atoms with E-state index in [1.807, 2.05) is 0 Å². The van der Waals surface area contributed by atoms with Crippen molar-refractivity contribution in [2.24, 2.45) is 0 Å². The summed E-state index contributed by atoms with van der Waals surface area (Å²) in [5.41, 5.74) is 1.35. The van der Waals surface area contributed by atoms with Crippen molar-refractivity contribution >= 4 is 40.6 Å². The summed E-state index contributed by atoms with van der Waals surface area (Å²) in [5, 5.41) is 0.809. The van der Waals surface area contributed by atoms with Crippen molar-refractivity contribution < 1.29 is 14.3 Å². The third-order valence-electron chi connectivity index (χ3n) is 3.84. The lowest BCUT2D eigenvalue weighted by atomic mass is 10.1. The van der Waals surface area contributed by atoms with Crippen LogP contribution < -0.4 is 9.64 Å². The minimum atomic E-state index is -0.152. The minimum Gasteiger partial charge on any atom is -0.485 e. The number of anilines is 1. The molecule has 3 rings (SSSR count). The van der Waals surface area contributed by atoms with Crippen molar-refractivity contribution in [3.05, 3.63) is 58.1 Å². The SMILES string of the molecule is O=C(COc1ccc(Cl)c(Cl)c1)c1ccc(N2CCCC2=O)cc1. The Kier molecular flexibility index (Phi) is 5.07. The molecule has 124 valence electrons. The molecule has 0 saturated carbocycles. The van der Waals surface area contributed by atoms with Gasteiger partial charge >= 0.3 is 0 Å². The van der Waals surface area contributed by atoms with Crippen molar-refractivity contribution in [2.45, 2.75) is 12.8 Å². The number of hydrogen-bond donors (Lipinski definition) is 0. The Morgan fingerprint density at radius 2 is 1.83 bits per heavy atom. The Balaban J connectivity index is 1.62. The van der Waals surface area contributed by atoms with Gasteiger partial charge in [0.1, 0.15) is 5.75 Å². The minimum absolute atomic E-state index is 0.0973. The van der Waals surface area contributed by atoms with Crippen LogP contribution in [-0.2, 0) is 4.79 Å². The number of rotatable bonds is 5. The zero-order chi connectivity index (χ0) is 17.1. The van der Waals surface area contributed by atoms with Crippen molar-refractivity contribution in [3.8, 4) is 5.75 Å². The van der Waals surface area contributed by atoms with Gasteiger partial charge in [-0.2, -0.15) is 0 Å². The molecular weight excluding hydrogens is 349 g/mol. The molecule has 1 fully saturated rings. The Hall–Kier alpha value is -2.04. The summed E-state index contributed by atoms with van der Waals surface area (Å²) in [6.07, 6.45) is 1.45. The third kappa shape index (κ3) is 3.71. The summed E-state index contributed by atoms with van der Waals surface area (Å²) in [5.74, 6) is 0.453. The molecule has 1 heterocycles. The number of hydrogen-bond acceptors (Lipinski definition) is 3. The maximum atomic E-state index is 12.2. The van der Waals surface area contributed by atoms with Gasteiger partial charge in [0.15, 0.2) is 12.4 Å². The lowest BCUT2D eigenvalue weighted by Crippen LogP contribution is -2.23. The van der Waals surface area contributed by atoms with E-state index in [9.17, 15) is 9.59 Å². The fourth-order valence-corrected chi connectivity index (χ4v) is 2.84. The Morgan fingerprint density at radius 3 is 2.46 bits per heavy atom. The molecule has 0 radical (unpaired) electrons. The van der Waals surface area contributed by atoms with Crippen LogP contribution in [0, 0.1) is 0 Å². The van der Waals surface area contributed by atoms with E-state index < -0.39 is 0 Å². The zero-order valence-electron chi connectivity index (χ0n) is 12.8. The van der Waals surface area contributed by atoms with Crippen LogP contribution in [0.3, 0.4) is 0 Å². The highest BCUT2D eigenvalue weighted by Gasteiger charge is 2.21. The van der Waals surface area contributed by atoms with Crippen LogP contribution in [0.1, 0.15) is 23.2 Å². The average Bonchev–Trinajstić information content (AvgIpc) is 3.02. The molecule has 4 nitrogen and oxygen atoms in total. The lowest BCUT2D eigenvalue weighted by molar-refractivity contribution is -0.117. The first kappa shape index (κ1) is 16.8. The molecule has 2 aromatic rings. The predicted octanol–water partition coefficient (Wildman–Crippen LogP) is 4.38. The Bertz CT molecular complexity index is 774. The van der Waals surface area contributed by atoms with Crippen LogP contribution in [0.2, 0.25) is 10.0 Å². The second-order valence-corrected chi connectivity index (χ2v) is 6.30. The first-order valence-corrected chi connectivity index (χ1v) is 8.31. The van der Waals surface area contributed by atoms with Crippen molar-refractivity contribution in [1.29, 1.82) is 0 Å². The quantitative estimate of drug-likeness (QED) is 0.740. The number of carbonyl (C=O) groups excluding carboxylic acids is 2. The number of amides is 1. The van der Waals surface area contributed by atoms with Crippen LogP contribution in [-0.4, -0.2) is 24.8 Å². The fraction of sp³-hybridized carbons (Fsp3) is 0.222. The highest BCUT2D eigenvalue weighted by Crippen LogP contribution is 2.26. The Labute approximate surface area is 149 Å². The smallest absolute Gasteiger partial charge is 0.227 e. The summed E-state index contributed by atoms with van der Waals surface area (Å²) in [6.45, 7) is 0.631. The summed E-state index contributed by atoms with van der Waals surface area (Å²) < 4.78 is 5.45. The maximum Gasteiger partial charge on any atom is 0.227 e. The molecule has 1 aliphatic rings. The number of nitrogens with zero attached hydrogens (tertiary/aromatic N) is 1. The van der Waals surface area contributed by atoms with Gasteiger partial charge in [0.05, 0.1) is 10.0 Å². The molecule has 0 bridgehead atoms. The van der Waals surface area contributed by atoms with Gasteiger partial charge in [-0.25, -0.2) is 0 Å². The highest BCUT2D eigenvalue weighted by atomic mass is 35.5. The molecule has 0 N–H and O–H groups in total. The molecule has 1 saturated heterocycles.